The number of hydrogen-bond donors (Lipinski definition) is 0. The van der Waals surface area contributed by atoms with Crippen LogP contribution in [0.5, 0.6) is 5.88 Å². The van der Waals surface area contributed by atoms with Gasteiger partial charge in [0.2, 0.25) is 11.8 Å². The lowest BCUT2D eigenvalue weighted by Gasteiger charge is -2.21. The minimum atomic E-state index is -0.316. The van der Waals surface area contributed by atoms with Crippen molar-refractivity contribution in [1.29, 1.82) is 0 Å². The molecule has 0 saturated carbocycles. The third-order valence-corrected chi connectivity index (χ3v) is 4.61. The zero-order chi connectivity index (χ0) is 20.8. The number of carbonyl (C=O) groups is 1. The minimum Gasteiger partial charge on any atom is -0.477 e. The lowest BCUT2D eigenvalue weighted by Crippen LogP contribution is -2.34. The van der Waals surface area contributed by atoms with Gasteiger partial charge < -0.3 is 9.64 Å². The van der Waals surface area contributed by atoms with E-state index in [0.717, 1.165) is 18.4 Å². The number of carbonyl (C=O) groups excluding carboxylic acids is 1. The molecule has 0 atom stereocenters. The van der Waals surface area contributed by atoms with Crippen LogP contribution in [0.15, 0.2) is 36.4 Å². The molecule has 0 radical (unpaired) electrons. The molecule has 29 heavy (non-hydrogen) atoms. The number of rotatable bonds is 9. The maximum absolute atomic E-state index is 13.4. The van der Waals surface area contributed by atoms with Gasteiger partial charge in [0, 0.05) is 24.7 Å². The summed E-state index contributed by atoms with van der Waals surface area (Å²) in [7, 11) is 0. The fourth-order valence-corrected chi connectivity index (χ4v) is 3.34. The average molecular weight is 398 g/mol. The minimum absolute atomic E-state index is 0.0301. The molecule has 3 aromatic rings. The first-order valence-corrected chi connectivity index (χ1v) is 10.1. The second-order valence-electron chi connectivity index (χ2n) is 6.85. The van der Waals surface area contributed by atoms with Gasteiger partial charge in [-0.15, -0.1) is 5.10 Å². The van der Waals surface area contributed by atoms with E-state index in [-0.39, 0.29) is 18.1 Å². The number of fused-ring (bicyclic) bond motifs is 1. The molecule has 3 rings (SSSR count). The maximum Gasteiger partial charge on any atom is 0.231 e. The SMILES string of the molecule is CCCN(CCC)C(=O)Cc1c(-c2ccc(F)cc2)nc2ccc(OCC)nn12. The van der Waals surface area contributed by atoms with Crippen molar-refractivity contribution >= 4 is 11.6 Å². The summed E-state index contributed by atoms with van der Waals surface area (Å²) < 4.78 is 20.6. The number of aromatic nitrogens is 3. The predicted molar refractivity (Wildman–Crippen MR) is 110 cm³/mol. The molecule has 0 unspecified atom stereocenters. The van der Waals surface area contributed by atoms with Crippen LogP contribution in [0.2, 0.25) is 0 Å². The molecule has 0 N–H and O–H groups in total. The summed E-state index contributed by atoms with van der Waals surface area (Å²) in [5.41, 5.74) is 2.67. The fourth-order valence-electron chi connectivity index (χ4n) is 3.34. The highest BCUT2D eigenvalue weighted by Gasteiger charge is 2.21. The van der Waals surface area contributed by atoms with Gasteiger partial charge in [-0.1, -0.05) is 13.8 Å². The second kappa shape index (κ2) is 9.49. The summed E-state index contributed by atoms with van der Waals surface area (Å²) in [4.78, 5) is 19.6. The Morgan fingerprint density at radius 3 is 2.38 bits per heavy atom. The fraction of sp³-hybridized carbons (Fsp3) is 0.409. The van der Waals surface area contributed by atoms with Crippen molar-refractivity contribution in [2.45, 2.75) is 40.0 Å². The highest BCUT2D eigenvalue weighted by Crippen LogP contribution is 2.26. The van der Waals surface area contributed by atoms with Crippen LogP contribution in [0.25, 0.3) is 16.9 Å². The molecule has 2 heterocycles. The zero-order valence-electron chi connectivity index (χ0n) is 17.2. The molecule has 2 aromatic heterocycles. The lowest BCUT2D eigenvalue weighted by molar-refractivity contribution is -0.130. The number of benzene rings is 1. The molecular formula is C22H27FN4O2. The number of nitrogens with zero attached hydrogens (tertiary/aromatic N) is 4. The van der Waals surface area contributed by atoms with Crippen molar-refractivity contribution in [1.82, 2.24) is 19.5 Å². The third kappa shape index (κ3) is 4.72. The van der Waals surface area contributed by atoms with E-state index in [1.165, 1.54) is 12.1 Å². The Kier molecular flexibility index (Phi) is 6.80. The number of halogens is 1. The molecule has 1 aromatic carbocycles. The van der Waals surface area contributed by atoms with Gasteiger partial charge in [-0.3, -0.25) is 4.79 Å². The van der Waals surface area contributed by atoms with Crippen LogP contribution in [0.1, 0.15) is 39.3 Å². The molecule has 0 aliphatic rings. The highest BCUT2D eigenvalue weighted by atomic mass is 19.1. The Bertz CT molecular complexity index is 963. The van der Waals surface area contributed by atoms with E-state index in [1.807, 2.05) is 17.9 Å². The number of ether oxygens (including phenoxy) is 1. The summed E-state index contributed by atoms with van der Waals surface area (Å²) in [6.07, 6.45) is 1.96. The Labute approximate surface area is 170 Å². The van der Waals surface area contributed by atoms with Crippen LogP contribution in [0.3, 0.4) is 0 Å². The van der Waals surface area contributed by atoms with Crippen LogP contribution in [-0.4, -0.2) is 45.1 Å². The van der Waals surface area contributed by atoms with E-state index in [4.69, 9.17) is 4.74 Å². The first-order chi connectivity index (χ1) is 14.1. The maximum atomic E-state index is 13.4. The van der Waals surface area contributed by atoms with Gasteiger partial charge in [0.25, 0.3) is 0 Å². The summed E-state index contributed by atoms with van der Waals surface area (Å²) in [5, 5.41) is 4.52. The van der Waals surface area contributed by atoms with Crippen molar-refractivity contribution in [3.05, 3.63) is 47.9 Å². The molecule has 0 aliphatic heterocycles. The number of imidazole rings is 1. The summed E-state index contributed by atoms with van der Waals surface area (Å²) in [5.74, 6) is 0.183. The second-order valence-corrected chi connectivity index (χ2v) is 6.85. The molecule has 0 aliphatic carbocycles. The standard InChI is InChI=1S/C22H27FN4O2/c1-4-13-26(14-5-2)21(28)15-18-22(16-7-9-17(23)10-8-16)24-19-11-12-20(29-6-3)25-27(18)19/h7-12H,4-6,13-15H2,1-3H3. The summed E-state index contributed by atoms with van der Waals surface area (Å²) >= 11 is 0. The van der Waals surface area contributed by atoms with Crippen LogP contribution in [0, 0.1) is 5.82 Å². The largest absolute Gasteiger partial charge is 0.477 e. The van der Waals surface area contributed by atoms with Crippen molar-refractivity contribution in [3.63, 3.8) is 0 Å². The quantitative estimate of drug-likeness (QED) is 0.544. The van der Waals surface area contributed by atoms with Crippen LogP contribution in [-0.2, 0) is 11.2 Å². The Morgan fingerprint density at radius 2 is 1.76 bits per heavy atom. The van der Waals surface area contributed by atoms with E-state index < -0.39 is 0 Å². The van der Waals surface area contributed by atoms with Gasteiger partial charge in [0.15, 0.2) is 5.65 Å². The van der Waals surface area contributed by atoms with E-state index in [9.17, 15) is 9.18 Å². The molecule has 0 spiro atoms. The average Bonchev–Trinajstić information content (AvgIpc) is 3.06. The summed E-state index contributed by atoms with van der Waals surface area (Å²) in [6, 6.07) is 9.70. The van der Waals surface area contributed by atoms with Crippen molar-refractivity contribution in [3.8, 4) is 17.1 Å². The summed E-state index contributed by atoms with van der Waals surface area (Å²) in [6.45, 7) is 7.93. The van der Waals surface area contributed by atoms with E-state index in [0.29, 0.717) is 42.6 Å². The van der Waals surface area contributed by atoms with Gasteiger partial charge in [0.05, 0.1) is 24.4 Å². The Morgan fingerprint density at radius 1 is 1.07 bits per heavy atom. The molecule has 154 valence electrons. The molecule has 7 heteroatoms. The number of hydrogen-bond acceptors (Lipinski definition) is 4. The van der Waals surface area contributed by atoms with Crippen molar-refractivity contribution in [2.24, 2.45) is 0 Å². The topological polar surface area (TPSA) is 59.7 Å². The van der Waals surface area contributed by atoms with Gasteiger partial charge in [-0.05, 0) is 50.1 Å². The van der Waals surface area contributed by atoms with Crippen LogP contribution < -0.4 is 4.74 Å². The Balaban J connectivity index is 2.07. The highest BCUT2D eigenvalue weighted by molar-refractivity contribution is 5.81. The zero-order valence-corrected chi connectivity index (χ0v) is 17.2. The molecule has 0 saturated heterocycles. The van der Waals surface area contributed by atoms with Crippen LogP contribution >= 0.6 is 0 Å². The van der Waals surface area contributed by atoms with Crippen molar-refractivity contribution in [2.75, 3.05) is 19.7 Å². The Hall–Kier alpha value is -2.96. The van der Waals surface area contributed by atoms with Gasteiger partial charge in [0.1, 0.15) is 5.82 Å². The molecule has 0 bridgehead atoms. The van der Waals surface area contributed by atoms with Crippen LogP contribution in [0.4, 0.5) is 4.39 Å². The normalized spacial score (nSPS) is 11.0. The third-order valence-electron chi connectivity index (χ3n) is 4.61. The monoisotopic (exact) mass is 398 g/mol. The van der Waals surface area contributed by atoms with E-state index in [2.05, 4.69) is 23.9 Å². The lowest BCUT2D eigenvalue weighted by atomic mass is 10.1. The molecular weight excluding hydrogens is 371 g/mol. The molecule has 1 amide bonds. The molecule has 0 fully saturated rings. The molecule has 6 nitrogen and oxygen atoms in total. The first kappa shape index (κ1) is 20.8. The van der Waals surface area contributed by atoms with Gasteiger partial charge in [-0.2, -0.15) is 0 Å². The predicted octanol–water partition coefficient (Wildman–Crippen LogP) is 4.13. The van der Waals surface area contributed by atoms with E-state index in [1.54, 1.807) is 22.7 Å². The van der Waals surface area contributed by atoms with Gasteiger partial charge in [-0.25, -0.2) is 13.9 Å². The van der Waals surface area contributed by atoms with Gasteiger partial charge >= 0.3 is 0 Å². The first-order valence-electron chi connectivity index (χ1n) is 10.1. The van der Waals surface area contributed by atoms with E-state index >= 15 is 0 Å². The number of amides is 1. The smallest absolute Gasteiger partial charge is 0.231 e. The van der Waals surface area contributed by atoms with Crippen molar-refractivity contribution < 1.29 is 13.9 Å².